The van der Waals surface area contributed by atoms with Crippen LogP contribution in [0.15, 0.2) is 36.4 Å². The molecule has 0 bridgehead atoms. The fourth-order valence-corrected chi connectivity index (χ4v) is 9.80. The second kappa shape index (κ2) is 15.1. The maximum atomic E-state index is 16.6. The first-order valence-corrected chi connectivity index (χ1v) is 20.3. The van der Waals surface area contributed by atoms with Crippen LogP contribution < -0.4 is 20.4 Å². The molecule has 0 radical (unpaired) electrons. The van der Waals surface area contributed by atoms with E-state index in [4.69, 9.17) is 0 Å². The number of phenols is 1. The third-order valence-corrected chi connectivity index (χ3v) is 13.3. The summed E-state index contributed by atoms with van der Waals surface area (Å²) in [4.78, 5) is 59.8. The highest BCUT2D eigenvalue weighted by Gasteiger charge is 2.55. The van der Waals surface area contributed by atoms with Gasteiger partial charge in [-0.2, -0.15) is 0 Å². The molecule has 1 aromatic heterocycles. The summed E-state index contributed by atoms with van der Waals surface area (Å²) in [5.41, 5.74) is -2.15. The Labute approximate surface area is 341 Å². The van der Waals surface area contributed by atoms with Gasteiger partial charge in [0.25, 0.3) is 18.2 Å². The maximum absolute atomic E-state index is 16.6. The number of alkyl halides is 3. The summed E-state index contributed by atoms with van der Waals surface area (Å²) in [7, 11) is 0. The predicted octanol–water partition coefficient (Wildman–Crippen LogP) is 3.69. The van der Waals surface area contributed by atoms with Crippen LogP contribution in [-0.4, -0.2) is 136 Å². The minimum Gasteiger partial charge on any atom is -0.504 e. The molecule has 3 aromatic rings. The summed E-state index contributed by atoms with van der Waals surface area (Å²) in [5, 5.41) is 23.4. The Balaban J connectivity index is 0.791. The van der Waals surface area contributed by atoms with Crippen LogP contribution in [0.5, 0.6) is 5.75 Å². The number of fused-ring (bicyclic) bond motifs is 4. The van der Waals surface area contributed by atoms with Crippen molar-refractivity contribution in [2.75, 3.05) is 74.0 Å². The average molecular weight is 838 g/mol. The highest BCUT2D eigenvalue weighted by molar-refractivity contribution is 6.05. The Bertz CT molecular complexity index is 2250. The largest absolute Gasteiger partial charge is 0.504 e. The molecular weight excluding hydrogens is 793 g/mol. The van der Waals surface area contributed by atoms with Gasteiger partial charge in [-0.1, -0.05) is 6.07 Å². The zero-order valence-corrected chi connectivity index (χ0v) is 32.6. The number of piperazine rings is 1. The lowest BCUT2D eigenvalue weighted by Crippen LogP contribution is -2.72. The van der Waals surface area contributed by atoms with Crippen LogP contribution >= 0.6 is 0 Å². The zero-order valence-electron chi connectivity index (χ0n) is 32.6. The highest BCUT2D eigenvalue weighted by atomic mass is 19.3. The van der Waals surface area contributed by atoms with Gasteiger partial charge in [-0.3, -0.25) is 24.5 Å². The minimum atomic E-state index is -2.99. The number of hydrogen-bond acceptors (Lipinski definition) is 11. The number of aromatic hydroxyl groups is 1. The van der Waals surface area contributed by atoms with Gasteiger partial charge in [0.15, 0.2) is 23.1 Å². The van der Waals surface area contributed by atoms with E-state index in [-0.39, 0.29) is 73.5 Å². The molecule has 14 nitrogen and oxygen atoms in total. The van der Waals surface area contributed by atoms with Crippen molar-refractivity contribution in [2.24, 2.45) is 5.92 Å². The SMILES string of the molecule is O=C1CC[C@H](N2Cc3ccc(N4CCC(CN5CCC(F)(C(=O)N6CCN7c8cc(-c9cc(F)cc(F)c9O)nnc8NC[C@]7(C(F)F)C6)CC5)CC4)cc3C2=O)C(=O)N1. The number of nitrogens with one attached hydrogen (secondary N) is 2. The van der Waals surface area contributed by atoms with Crippen LogP contribution in [0, 0.1) is 17.6 Å². The summed E-state index contributed by atoms with van der Waals surface area (Å²) in [5.74, 6) is -4.40. The first-order chi connectivity index (χ1) is 28.7. The van der Waals surface area contributed by atoms with Gasteiger partial charge in [0.1, 0.15) is 17.4 Å². The van der Waals surface area contributed by atoms with E-state index in [0.717, 1.165) is 49.8 Å². The Morgan fingerprint density at radius 3 is 2.43 bits per heavy atom. The van der Waals surface area contributed by atoms with E-state index in [9.17, 15) is 33.1 Å². The molecule has 3 N–H and O–H groups in total. The van der Waals surface area contributed by atoms with Crippen LogP contribution in [0.1, 0.15) is 54.4 Å². The molecule has 6 aliphatic rings. The maximum Gasteiger partial charge on any atom is 0.264 e. The fraction of sp³-hybridized carbons (Fsp3) is 0.512. The van der Waals surface area contributed by atoms with E-state index < -0.39 is 59.4 Å². The topological polar surface area (TPSA) is 155 Å². The molecule has 0 aliphatic carbocycles. The highest BCUT2D eigenvalue weighted by Crippen LogP contribution is 2.44. The van der Waals surface area contributed by atoms with E-state index in [1.807, 2.05) is 18.2 Å². The average Bonchev–Trinajstić information content (AvgIpc) is 3.57. The van der Waals surface area contributed by atoms with Crippen molar-refractivity contribution in [3.05, 3.63) is 59.2 Å². The molecule has 9 rings (SSSR count). The molecule has 60 heavy (non-hydrogen) atoms. The molecule has 318 valence electrons. The molecule has 0 unspecified atom stereocenters. The number of phenolic OH excluding ortho intramolecular Hbond substituents is 1. The molecule has 2 atom stereocenters. The lowest BCUT2D eigenvalue weighted by molar-refractivity contribution is -0.150. The van der Waals surface area contributed by atoms with Gasteiger partial charge in [0.05, 0.1) is 17.9 Å². The van der Waals surface area contributed by atoms with E-state index in [2.05, 4.69) is 30.6 Å². The van der Waals surface area contributed by atoms with Crippen molar-refractivity contribution in [3.8, 4) is 17.0 Å². The number of carbonyl (C=O) groups excluding carboxylic acids is 4. The molecule has 6 aliphatic heterocycles. The number of aromatic nitrogens is 2. The van der Waals surface area contributed by atoms with E-state index in [1.54, 1.807) is 0 Å². The Morgan fingerprint density at radius 1 is 0.933 bits per heavy atom. The quantitative estimate of drug-likeness (QED) is 0.236. The van der Waals surface area contributed by atoms with Crippen molar-refractivity contribution in [3.63, 3.8) is 0 Å². The number of piperidine rings is 3. The van der Waals surface area contributed by atoms with Gasteiger partial charge in [0, 0.05) is 101 Å². The summed E-state index contributed by atoms with van der Waals surface area (Å²) in [6, 6.07) is 7.80. The molecule has 4 saturated heterocycles. The third-order valence-electron chi connectivity index (χ3n) is 13.3. The molecule has 7 heterocycles. The van der Waals surface area contributed by atoms with Gasteiger partial charge >= 0.3 is 0 Å². The van der Waals surface area contributed by atoms with Gasteiger partial charge in [-0.15, -0.1) is 10.2 Å². The number of rotatable bonds is 7. The Kier molecular flexibility index (Phi) is 10.1. The standard InChI is InChI=1S/C41H44F5N9O5/c42-25-15-28(34(57)29(43)16-25)30-18-32-35(50-49-30)47-21-41(38(44)45)22-53(13-14-55(32)41)39(60)40(46)7-11-51(12-8-40)19-23-5-9-52(10-6-23)26-2-1-24-20-54(37(59)27(24)17-26)31-3-4-33(56)48-36(31)58/h1-2,15-18,23,31,38,57H,3-14,19-22H2,(H,47,50)(H,48,56,58)/t31-,41+/m0/s1. The lowest BCUT2D eigenvalue weighted by Gasteiger charge is -2.54. The van der Waals surface area contributed by atoms with Crippen molar-refractivity contribution in [1.82, 2.24) is 30.2 Å². The Morgan fingerprint density at radius 2 is 1.70 bits per heavy atom. The number of imide groups is 1. The van der Waals surface area contributed by atoms with E-state index >= 15 is 13.2 Å². The molecule has 19 heteroatoms. The normalized spacial score (nSPS) is 24.6. The van der Waals surface area contributed by atoms with Crippen molar-refractivity contribution in [1.29, 1.82) is 0 Å². The first kappa shape index (κ1) is 39.8. The van der Waals surface area contributed by atoms with Gasteiger partial charge < -0.3 is 34.9 Å². The molecule has 0 spiro atoms. The number of benzene rings is 2. The van der Waals surface area contributed by atoms with Crippen molar-refractivity contribution < 1.29 is 46.2 Å². The minimum absolute atomic E-state index is 0.0469. The fourth-order valence-electron chi connectivity index (χ4n) is 9.80. The lowest BCUT2D eigenvalue weighted by atomic mass is 9.87. The number of carbonyl (C=O) groups is 4. The molecular formula is C41H44F5N9O5. The number of likely N-dealkylation sites (tertiary alicyclic amines) is 1. The molecule has 2 aromatic carbocycles. The number of anilines is 3. The second-order valence-corrected chi connectivity index (χ2v) is 16.8. The van der Waals surface area contributed by atoms with Crippen LogP contribution in [0.2, 0.25) is 0 Å². The van der Waals surface area contributed by atoms with Crippen LogP contribution in [0.4, 0.5) is 39.1 Å². The zero-order chi connectivity index (χ0) is 42.1. The number of hydrogen-bond donors (Lipinski definition) is 3. The van der Waals surface area contributed by atoms with Crippen LogP contribution in [-0.2, 0) is 20.9 Å². The smallest absolute Gasteiger partial charge is 0.264 e. The summed E-state index contributed by atoms with van der Waals surface area (Å²) in [6.45, 7) is 2.29. The van der Waals surface area contributed by atoms with Gasteiger partial charge in [-0.25, -0.2) is 22.0 Å². The second-order valence-electron chi connectivity index (χ2n) is 16.8. The predicted molar refractivity (Wildman–Crippen MR) is 207 cm³/mol. The molecule has 0 saturated carbocycles. The van der Waals surface area contributed by atoms with Gasteiger partial charge in [0.2, 0.25) is 11.8 Å². The van der Waals surface area contributed by atoms with Crippen molar-refractivity contribution >= 4 is 40.8 Å². The molecule has 4 amide bonds. The Hall–Kier alpha value is -5.59. The third kappa shape index (κ3) is 6.93. The van der Waals surface area contributed by atoms with Crippen LogP contribution in [0.25, 0.3) is 11.3 Å². The molecule has 4 fully saturated rings. The number of amides is 4. The van der Waals surface area contributed by atoms with E-state index in [0.29, 0.717) is 43.6 Å². The van der Waals surface area contributed by atoms with Gasteiger partial charge in [-0.05, 0) is 55.0 Å². The van der Waals surface area contributed by atoms with Crippen molar-refractivity contribution in [2.45, 2.75) is 68.7 Å². The number of halogens is 5. The summed E-state index contributed by atoms with van der Waals surface area (Å²) >= 11 is 0. The summed E-state index contributed by atoms with van der Waals surface area (Å²) in [6.07, 6.45) is -0.897. The van der Waals surface area contributed by atoms with Crippen LogP contribution in [0.3, 0.4) is 0 Å². The monoisotopic (exact) mass is 837 g/mol. The number of nitrogens with zero attached hydrogens (tertiary/aromatic N) is 7. The first-order valence-electron chi connectivity index (χ1n) is 20.3. The summed E-state index contributed by atoms with van der Waals surface area (Å²) < 4.78 is 75.0. The van der Waals surface area contributed by atoms with E-state index in [1.165, 1.54) is 20.8 Å².